The molecule has 2 aliphatic heterocycles. The van der Waals surface area contributed by atoms with Crippen molar-refractivity contribution in [2.45, 2.75) is 152 Å². The minimum Gasteiger partial charge on any atom is -0.547 e. The zero-order valence-corrected chi connectivity index (χ0v) is 27.6. The van der Waals surface area contributed by atoms with Gasteiger partial charge in [-0.15, -0.1) is 0 Å². The Morgan fingerprint density at radius 3 is 2.12 bits per heavy atom. The molecule has 43 heavy (non-hydrogen) atoms. The van der Waals surface area contributed by atoms with Crippen LogP contribution in [-0.4, -0.2) is 123 Å². The van der Waals surface area contributed by atoms with E-state index < -0.39 is 92.3 Å². The third kappa shape index (κ3) is 9.10. The van der Waals surface area contributed by atoms with Gasteiger partial charge in [-0.25, -0.2) is 0 Å². The van der Waals surface area contributed by atoms with Crippen molar-refractivity contribution in [2.75, 3.05) is 6.61 Å². The molecule has 2 saturated carbocycles. The largest absolute Gasteiger partial charge is 1.00 e. The Balaban J connectivity index is 0.00000506. The summed E-state index contributed by atoms with van der Waals surface area (Å²) in [5.74, 6) is -1.25. The number of aliphatic carboxylic acids is 1. The number of aliphatic hydroxyl groups is 6. The first kappa shape index (κ1) is 37.5. The zero-order valence-electron chi connectivity index (χ0n) is 25.6. The Hall–Kier alpha value is 0.0300. The summed E-state index contributed by atoms with van der Waals surface area (Å²) in [7, 11) is 0. The van der Waals surface area contributed by atoms with E-state index in [9.17, 15) is 40.5 Å². The summed E-state index contributed by atoms with van der Waals surface area (Å²) in [5.41, 5.74) is 0. The SMILES string of the molecule is C[C@@H]1C[C@H](C)[C@@H](O[C@@H]2O[C@@H](C)[C@@H](O)[C@@H](O)[C@@H]2O)[C@H](O[C@@H]2O[C@H](CO)[C@H](O)[C@H](O[C@@H](CC3CCCCC3)C(=O)[O-])[C@H]2O)C1.[Na+]. The molecule has 4 aliphatic rings. The van der Waals surface area contributed by atoms with Crippen molar-refractivity contribution < 1.29 is 93.8 Å². The van der Waals surface area contributed by atoms with Crippen LogP contribution in [0.5, 0.6) is 0 Å². The zero-order chi connectivity index (χ0) is 30.7. The Morgan fingerprint density at radius 1 is 0.837 bits per heavy atom. The van der Waals surface area contributed by atoms with E-state index in [1.807, 2.05) is 13.8 Å². The fourth-order valence-electron chi connectivity index (χ4n) is 7.02. The predicted molar refractivity (Wildman–Crippen MR) is 142 cm³/mol. The number of ether oxygens (including phenoxy) is 5. The van der Waals surface area contributed by atoms with Crippen molar-refractivity contribution >= 4 is 5.97 Å². The van der Waals surface area contributed by atoms with Crippen LogP contribution in [0.2, 0.25) is 0 Å². The molecule has 0 unspecified atom stereocenters. The molecular weight excluding hydrogens is 579 g/mol. The van der Waals surface area contributed by atoms with Crippen LogP contribution in [0.15, 0.2) is 0 Å². The molecule has 4 rings (SSSR count). The summed E-state index contributed by atoms with van der Waals surface area (Å²) >= 11 is 0. The normalized spacial score (nSPS) is 45.2. The summed E-state index contributed by atoms with van der Waals surface area (Å²) in [6.07, 6.45) is -10.1. The van der Waals surface area contributed by atoms with E-state index in [1.165, 1.54) is 0 Å². The molecule has 0 aromatic heterocycles. The van der Waals surface area contributed by atoms with Gasteiger partial charge in [0.05, 0.1) is 37.0 Å². The summed E-state index contributed by atoms with van der Waals surface area (Å²) in [5, 5.41) is 74.9. The Kier molecular flexibility index (Phi) is 14.6. The summed E-state index contributed by atoms with van der Waals surface area (Å²) in [6, 6.07) is 0. The number of hydrogen-bond donors (Lipinski definition) is 6. The first-order valence-electron chi connectivity index (χ1n) is 15.4. The van der Waals surface area contributed by atoms with Crippen molar-refractivity contribution in [3.05, 3.63) is 0 Å². The average Bonchev–Trinajstić information content (AvgIpc) is 2.95. The van der Waals surface area contributed by atoms with Crippen LogP contribution in [0.3, 0.4) is 0 Å². The molecule has 244 valence electrons. The molecule has 0 amide bonds. The first-order chi connectivity index (χ1) is 19.9. The quantitative estimate of drug-likeness (QED) is 0.126. The summed E-state index contributed by atoms with van der Waals surface area (Å²) in [4.78, 5) is 12.0. The smallest absolute Gasteiger partial charge is 0.547 e. The standard InChI is InChI=1S/C29H50O13.Na/c1-13-9-14(2)25(42-28-23(34)22(33)20(31)15(3)38-28)17(10-13)40-29-24(35)26(21(32)19(12-30)41-29)39-18(27(36)37)11-16-7-5-4-6-8-16;/h13-26,28-35H,4-12H2,1-3H3,(H,36,37);/q;+1/p-1/t13-,14+,15+,17-,18+,19-,20-,21+,22-,23+,24-,25-,26+,28+,29-;/m1./s1. The number of carboxylic acids is 1. The van der Waals surface area contributed by atoms with Gasteiger partial charge in [0, 0.05) is 0 Å². The minimum absolute atomic E-state index is 0. The molecule has 15 atom stereocenters. The van der Waals surface area contributed by atoms with Crippen LogP contribution in [-0.2, 0) is 28.5 Å². The monoisotopic (exact) mass is 628 g/mol. The molecule has 0 spiro atoms. The topological polar surface area (TPSA) is 208 Å². The van der Waals surface area contributed by atoms with Crippen LogP contribution < -0.4 is 34.7 Å². The van der Waals surface area contributed by atoms with Gasteiger partial charge in [-0.1, -0.05) is 46.0 Å². The molecule has 2 aliphatic carbocycles. The Morgan fingerprint density at radius 2 is 1.49 bits per heavy atom. The average molecular weight is 629 g/mol. The van der Waals surface area contributed by atoms with E-state index in [0.717, 1.165) is 38.5 Å². The van der Waals surface area contributed by atoms with E-state index in [2.05, 4.69) is 0 Å². The minimum atomic E-state index is -1.61. The van der Waals surface area contributed by atoms with Gasteiger partial charge in [0.1, 0.15) is 42.7 Å². The fraction of sp³-hybridized carbons (Fsp3) is 0.966. The number of carboxylic acid groups (broad SMARTS) is 1. The van der Waals surface area contributed by atoms with Crippen molar-refractivity contribution in [3.63, 3.8) is 0 Å². The molecule has 2 heterocycles. The van der Waals surface area contributed by atoms with Crippen LogP contribution >= 0.6 is 0 Å². The number of rotatable bonds is 10. The summed E-state index contributed by atoms with van der Waals surface area (Å²) in [6.45, 7) is 4.87. The second-order valence-electron chi connectivity index (χ2n) is 12.9. The number of hydrogen-bond acceptors (Lipinski definition) is 13. The van der Waals surface area contributed by atoms with Gasteiger partial charge in [-0.05, 0) is 43.9 Å². The second-order valence-corrected chi connectivity index (χ2v) is 12.9. The maximum absolute atomic E-state index is 12.0. The molecule has 2 saturated heterocycles. The number of carbonyl (C=O) groups is 1. The van der Waals surface area contributed by atoms with Crippen LogP contribution in [0.4, 0.5) is 0 Å². The third-order valence-corrected chi connectivity index (χ3v) is 9.42. The molecule has 4 fully saturated rings. The molecule has 13 nitrogen and oxygen atoms in total. The molecule has 0 bridgehead atoms. The van der Waals surface area contributed by atoms with Gasteiger partial charge < -0.3 is 64.2 Å². The van der Waals surface area contributed by atoms with E-state index in [4.69, 9.17) is 23.7 Å². The van der Waals surface area contributed by atoms with Gasteiger partial charge in [-0.2, -0.15) is 0 Å². The van der Waals surface area contributed by atoms with Gasteiger partial charge in [0.15, 0.2) is 12.6 Å². The van der Waals surface area contributed by atoms with Crippen molar-refractivity contribution in [1.82, 2.24) is 0 Å². The molecule has 0 aromatic rings. The van der Waals surface area contributed by atoms with Gasteiger partial charge >= 0.3 is 29.6 Å². The van der Waals surface area contributed by atoms with E-state index >= 15 is 0 Å². The van der Waals surface area contributed by atoms with Crippen LogP contribution in [0.1, 0.15) is 72.1 Å². The van der Waals surface area contributed by atoms with Gasteiger partial charge in [0.25, 0.3) is 0 Å². The van der Waals surface area contributed by atoms with Crippen LogP contribution in [0.25, 0.3) is 0 Å². The maximum Gasteiger partial charge on any atom is 1.00 e. The molecule has 14 heteroatoms. The van der Waals surface area contributed by atoms with Gasteiger partial charge in [-0.3, -0.25) is 0 Å². The Labute approximate surface area is 275 Å². The molecule has 0 aromatic carbocycles. The third-order valence-electron chi connectivity index (χ3n) is 9.42. The maximum atomic E-state index is 12.0. The van der Waals surface area contributed by atoms with E-state index in [0.29, 0.717) is 6.42 Å². The molecule has 6 N–H and O–H groups in total. The predicted octanol–water partition coefficient (Wildman–Crippen LogP) is -4.43. The Bertz CT molecular complexity index is 862. The number of carbonyl (C=O) groups excluding carboxylic acids is 1. The van der Waals surface area contributed by atoms with Crippen LogP contribution in [0, 0.1) is 17.8 Å². The van der Waals surface area contributed by atoms with Crippen molar-refractivity contribution in [3.8, 4) is 0 Å². The van der Waals surface area contributed by atoms with Gasteiger partial charge in [0.2, 0.25) is 0 Å². The summed E-state index contributed by atoms with van der Waals surface area (Å²) < 4.78 is 29.6. The fourth-order valence-corrected chi connectivity index (χ4v) is 7.02. The van der Waals surface area contributed by atoms with E-state index in [1.54, 1.807) is 6.92 Å². The number of aliphatic hydroxyl groups excluding tert-OH is 6. The second kappa shape index (κ2) is 16.7. The van der Waals surface area contributed by atoms with Crippen molar-refractivity contribution in [1.29, 1.82) is 0 Å². The molecule has 0 radical (unpaired) electrons. The van der Waals surface area contributed by atoms with E-state index in [-0.39, 0.29) is 53.7 Å². The van der Waals surface area contributed by atoms with Crippen molar-refractivity contribution in [2.24, 2.45) is 17.8 Å². The first-order valence-corrected chi connectivity index (χ1v) is 15.4. The molecular formula is C29H49NaO13.